The van der Waals surface area contributed by atoms with Gasteiger partial charge in [0, 0.05) is 6.04 Å². The molecule has 1 N–H and O–H groups in total. The lowest BCUT2D eigenvalue weighted by molar-refractivity contribution is -0.185. The van der Waals surface area contributed by atoms with Crippen LogP contribution in [-0.4, -0.2) is 30.2 Å². The fourth-order valence-electron chi connectivity index (χ4n) is 2.55. The van der Waals surface area contributed by atoms with Crippen molar-refractivity contribution in [2.75, 3.05) is 13.1 Å². The van der Waals surface area contributed by atoms with Crippen LogP contribution < -0.4 is 5.32 Å². The maximum absolute atomic E-state index is 12.6. The lowest BCUT2D eigenvalue weighted by Gasteiger charge is -2.32. The Hall–Kier alpha value is -1.01. The van der Waals surface area contributed by atoms with Gasteiger partial charge in [0.2, 0.25) is 0 Å². The first-order valence-electron chi connectivity index (χ1n) is 7.44. The Morgan fingerprint density at radius 2 is 1.86 bits per heavy atom. The predicted molar refractivity (Wildman–Crippen MR) is 74.7 cm³/mol. The molecule has 6 heteroatoms. The summed E-state index contributed by atoms with van der Waals surface area (Å²) in [5.74, 6) is 0.543. The van der Waals surface area contributed by atoms with Crippen LogP contribution >= 0.6 is 0 Å². The molecular weight excluding hydrogens is 281 g/mol. The van der Waals surface area contributed by atoms with E-state index in [1.54, 1.807) is 0 Å². The minimum absolute atomic E-state index is 0.186. The van der Waals surface area contributed by atoms with E-state index in [0.29, 0.717) is 32.2 Å². The first-order valence-corrected chi connectivity index (χ1v) is 7.44. The van der Waals surface area contributed by atoms with Gasteiger partial charge in [0.25, 0.3) is 0 Å². The molecule has 3 nitrogen and oxygen atoms in total. The zero-order valence-electron chi connectivity index (χ0n) is 12.5. The van der Waals surface area contributed by atoms with Gasteiger partial charge in [-0.05, 0) is 38.1 Å². The number of hydrogen-bond acceptors (Lipinski definition) is 3. The molecule has 1 saturated heterocycles. The van der Waals surface area contributed by atoms with Crippen molar-refractivity contribution in [3.05, 3.63) is 23.7 Å². The highest BCUT2D eigenvalue weighted by Gasteiger charge is 2.41. The molecule has 0 radical (unpaired) electrons. The molecule has 120 valence electrons. The Labute approximate surface area is 123 Å². The molecule has 2 rings (SSSR count). The number of hydrogen-bond donors (Lipinski definition) is 1. The van der Waals surface area contributed by atoms with E-state index in [1.807, 2.05) is 17.0 Å². The van der Waals surface area contributed by atoms with Gasteiger partial charge in [-0.2, -0.15) is 13.2 Å². The van der Waals surface area contributed by atoms with Gasteiger partial charge in [-0.1, -0.05) is 13.8 Å². The molecule has 0 atom stereocenters. The highest BCUT2D eigenvalue weighted by atomic mass is 19.4. The minimum Gasteiger partial charge on any atom is -0.463 e. The van der Waals surface area contributed by atoms with E-state index in [2.05, 4.69) is 19.2 Å². The van der Waals surface area contributed by atoms with Gasteiger partial charge < -0.3 is 9.73 Å². The summed E-state index contributed by atoms with van der Waals surface area (Å²) in [7, 11) is 0. The SMILES string of the molecule is CC(C)NCc1ccc(CN2CCC(C(F)(F)F)CC2)o1. The van der Waals surface area contributed by atoms with E-state index >= 15 is 0 Å². The van der Waals surface area contributed by atoms with Crippen LogP contribution in [0, 0.1) is 5.92 Å². The van der Waals surface area contributed by atoms with Crippen molar-refractivity contribution >= 4 is 0 Å². The Kier molecular flexibility index (Phi) is 5.32. The maximum Gasteiger partial charge on any atom is 0.391 e. The van der Waals surface area contributed by atoms with Crippen LogP contribution in [0.3, 0.4) is 0 Å². The average molecular weight is 304 g/mol. The molecule has 0 saturated carbocycles. The Bertz CT molecular complexity index is 434. The van der Waals surface area contributed by atoms with E-state index in [1.165, 1.54) is 0 Å². The molecule has 0 amide bonds. The summed E-state index contributed by atoms with van der Waals surface area (Å²) in [6.07, 6.45) is -3.68. The zero-order valence-corrected chi connectivity index (χ0v) is 12.5. The first-order chi connectivity index (χ1) is 9.84. The number of alkyl halides is 3. The van der Waals surface area contributed by atoms with Crippen molar-refractivity contribution in [3.8, 4) is 0 Å². The van der Waals surface area contributed by atoms with Crippen LogP contribution in [-0.2, 0) is 13.1 Å². The fourth-order valence-corrected chi connectivity index (χ4v) is 2.55. The second-order valence-electron chi connectivity index (χ2n) is 6.00. The van der Waals surface area contributed by atoms with Crippen LogP contribution in [0.1, 0.15) is 38.2 Å². The largest absolute Gasteiger partial charge is 0.463 e. The molecule has 0 aromatic carbocycles. The standard InChI is InChI=1S/C15H23F3N2O/c1-11(2)19-9-13-3-4-14(21-13)10-20-7-5-12(6-8-20)15(16,17)18/h3-4,11-12,19H,5-10H2,1-2H3. The van der Waals surface area contributed by atoms with Crippen molar-refractivity contribution in [2.24, 2.45) is 5.92 Å². The van der Waals surface area contributed by atoms with Gasteiger partial charge in [-0.15, -0.1) is 0 Å². The second-order valence-corrected chi connectivity index (χ2v) is 6.00. The highest BCUT2D eigenvalue weighted by Crippen LogP contribution is 2.34. The molecular formula is C15H23F3N2O. The molecule has 0 spiro atoms. The van der Waals surface area contributed by atoms with Gasteiger partial charge >= 0.3 is 6.18 Å². The summed E-state index contributed by atoms with van der Waals surface area (Å²) in [6.45, 7) is 6.35. The molecule has 0 unspecified atom stereocenters. The van der Waals surface area contributed by atoms with Crippen LogP contribution in [0.2, 0.25) is 0 Å². The lowest BCUT2D eigenvalue weighted by atomic mass is 9.96. The van der Waals surface area contributed by atoms with Crippen molar-refractivity contribution < 1.29 is 17.6 Å². The summed E-state index contributed by atoms with van der Waals surface area (Å²) < 4.78 is 43.5. The molecule has 1 fully saturated rings. The number of halogens is 3. The number of nitrogens with one attached hydrogen (secondary N) is 1. The summed E-state index contributed by atoms with van der Waals surface area (Å²) in [6, 6.07) is 4.22. The van der Waals surface area contributed by atoms with E-state index in [9.17, 15) is 13.2 Å². The molecule has 2 heterocycles. The number of likely N-dealkylation sites (tertiary alicyclic amines) is 1. The van der Waals surface area contributed by atoms with Gasteiger partial charge in [0.15, 0.2) is 0 Å². The summed E-state index contributed by atoms with van der Waals surface area (Å²) in [4.78, 5) is 2.03. The van der Waals surface area contributed by atoms with Crippen LogP contribution in [0.5, 0.6) is 0 Å². The molecule has 0 aliphatic carbocycles. The van der Waals surface area contributed by atoms with Crippen LogP contribution in [0.15, 0.2) is 16.5 Å². The normalized spacial score (nSPS) is 18.6. The minimum atomic E-state index is -4.05. The molecule has 21 heavy (non-hydrogen) atoms. The van der Waals surface area contributed by atoms with Crippen molar-refractivity contribution in [2.45, 2.75) is 52.0 Å². The third-order valence-corrected chi connectivity index (χ3v) is 3.83. The summed E-state index contributed by atoms with van der Waals surface area (Å²) in [5.41, 5.74) is 0. The third kappa shape index (κ3) is 5.04. The fraction of sp³-hybridized carbons (Fsp3) is 0.733. The number of furan rings is 1. The topological polar surface area (TPSA) is 28.4 Å². The quantitative estimate of drug-likeness (QED) is 0.902. The molecule has 1 aromatic rings. The number of rotatable bonds is 5. The maximum atomic E-state index is 12.6. The Morgan fingerprint density at radius 3 is 2.43 bits per heavy atom. The predicted octanol–water partition coefficient (Wildman–Crippen LogP) is 3.55. The zero-order chi connectivity index (χ0) is 15.5. The number of nitrogens with zero attached hydrogens (tertiary/aromatic N) is 1. The van der Waals surface area contributed by atoms with Gasteiger partial charge in [0.05, 0.1) is 19.0 Å². The summed E-state index contributed by atoms with van der Waals surface area (Å²) >= 11 is 0. The van der Waals surface area contributed by atoms with Gasteiger partial charge in [0.1, 0.15) is 11.5 Å². The van der Waals surface area contributed by atoms with Crippen molar-refractivity contribution in [1.29, 1.82) is 0 Å². The summed E-state index contributed by atoms with van der Waals surface area (Å²) in [5, 5.41) is 3.27. The van der Waals surface area contributed by atoms with E-state index in [0.717, 1.165) is 11.5 Å². The average Bonchev–Trinajstić information content (AvgIpc) is 2.83. The molecule has 1 aliphatic heterocycles. The first kappa shape index (κ1) is 16.4. The van der Waals surface area contributed by atoms with Gasteiger partial charge in [-0.3, -0.25) is 4.90 Å². The molecule has 0 bridgehead atoms. The monoisotopic (exact) mass is 304 g/mol. The molecule has 1 aliphatic rings. The third-order valence-electron chi connectivity index (χ3n) is 3.83. The number of piperidine rings is 1. The molecule has 1 aromatic heterocycles. The smallest absolute Gasteiger partial charge is 0.391 e. The van der Waals surface area contributed by atoms with Crippen molar-refractivity contribution in [3.63, 3.8) is 0 Å². The lowest BCUT2D eigenvalue weighted by Crippen LogP contribution is -2.38. The van der Waals surface area contributed by atoms with E-state index < -0.39 is 12.1 Å². The van der Waals surface area contributed by atoms with E-state index in [-0.39, 0.29) is 12.8 Å². The van der Waals surface area contributed by atoms with E-state index in [4.69, 9.17) is 4.42 Å². The van der Waals surface area contributed by atoms with Crippen LogP contribution in [0.25, 0.3) is 0 Å². The van der Waals surface area contributed by atoms with Gasteiger partial charge in [-0.25, -0.2) is 0 Å². The van der Waals surface area contributed by atoms with Crippen molar-refractivity contribution in [1.82, 2.24) is 10.2 Å². The van der Waals surface area contributed by atoms with Crippen LogP contribution in [0.4, 0.5) is 13.2 Å². The highest BCUT2D eigenvalue weighted by molar-refractivity contribution is 5.07. The second kappa shape index (κ2) is 6.83. The Morgan fingerprint density at radius 1 is 1.24 bits per heavy atom. The Balaban J connectivity index is 1.78.